The van der Waals surface area contributed by atoms with E-state index >= 15 is 0 Å². The van der Waals surface area contributed by atoms with Gasteiger partial charge in [-0.05, 0) is 13.3 Å². The van der Waals surface area contributed by atoms with Gasteiger partial charge in [0.25, 0.3) is 0 Å². The maximum atomic E-state index is 8.99. The molecule has 0 radical (unpaired) electrons. The lowest BCUT2D eigenvalue weighted by atomic mass is 10.2. The monoisotopic (exact) mass is 270 g/mol. The van der Waals surface area contributed by atoms with Crippen LogP contribution in [0.5, 0.6) is 0 Å². The average Bonchev–Trinajstić information content (AvgIpc) is 2.36. The molecule has 0 aliphatic heterocycles. The van der Waals surface area contributed by atoms with E-state index in [0.717, 1.165) is 0 Å². The van der Waals surface area contributed by atoms with Gasteiger partial charge in [0.2, 0.25) is 0 Å². The number of anilines is 2. The fourth-order valence-electron chi connectivity index (χ4n) is 1.61. The van der Waals surface area contributed by atoms with Crippen molar-refractivity contribution in [2.45, 2.75) is 26.0 Å². The Morgan fingerprint density at radius 2 is 2.26 bits per heavy atom. The minimum absolute atomic E-state index is 0.0238. The van der Waals surface area contributed by atoms with Crippen molar-refractivity contribution in [2.75, 3.05) is 38.0 Å². The Hall–Kier alpha value is -1.44. The topological polar surface area (TPSA) is 103 Å². The SMILES string of the molecule is CCOCc1nc(N)cc(NC(CCO)COC)n1. The number of nitrogens with two attached hydrogens (primary N) is 1. The first-order valence-electron chi connectivity index (χ1n) is 6.27. The summed E-state index contributed by atoms with van der Waals surface area (Å²) in [7, 11) is 1.61. The number of nitrogens with one attached hydrogen (secondary N) is 1. The molecule has 1 atom stereocenters. The smallest absolute Gasteiger partial charge is 0.158 e. The van der Waals surface area contributed by atoms with E-state index in [-0.39, 0.29) is 12.6 Å². The van der Waals surface area contributed by atoms with E-state index in [9.17, 15) is 0 Å². The molecule has 0 bridgehead atoms. The Morgan fingerprint density at radius 3 is 2.89 bits per heavy atom. The number of rotatable bonds is 9. The standard InChI is InChI=1S/C12H22N4O3/c1-3-19-8-12-15-10(13)6-11(16-12)14-9(4-5-17)7-18-2/h6,9,17H,3-5,7-8H2,1-2H3,(H3,13,14,15,16). The van der Waals surface area contributed by atoms with Gasteiger partial charge in [-0.3, -0.25) is 0 Å². The molecule has 1 heterocycles. The molecule has 1 unspecified atom stereocenters. The molecule has 19 heavy (non-hydrogen) atoms. The van der Waals surface area contributed by atoms with Crippen LogP contribution in [0.25, 0.3) is 0 Å². The van der Waals surface area contributed by atoms with Gasteiger partial charge in [0.1, 0.15) is 18.2 Å². The molecule has 1 aromatic heterocycles. The Labute approximate surface area is 113 Å². The van der Waals surface area contributed by atoms with E-state index < -0.39 is 0 Å². The number of aliphatic hydroxyl groups is 1. The fraction of sp³-hybridized carbons (Fsp3) is 0.667. The third-order valence-corrected chi connectivity index (χ3v) is 2.42. The van der Waals surface area contributed by atoms with E-state index in [0.29, 0.717) is 43.7 Å². The van der Waals surface area contributed by atoms with Crippen LogP contribution in [-0.4, -0.2) is 48.0 Å². The van der Waals surface area contributed by atoms with Gasteiger partial charge in [0.15, 0.2) is 5.82 Å². The van der Waals surface area contributed by atoms with Crippen LogP contribution in [0.3, 0.4) is 0 Å². The third kappa shape index (κ3) is 5.82. The van der Waals surface area contributed by atoms with Crippen LogP contribution in [0.15, 0.2) is 6.07 Å². The molecule has 0 spiro atoms. The zero-order valence-corrected chi connectivity index (χ0v) is 11.4. The van der Waals surface area contributed by atoms with E-state index in [2.05, 4.69) is 15.3 Å². The van der Waals surface area contributed by atoms with Gasteiger partial charge in [-0.25, -0.2) is 9.97 Å². The largest absolute Gasteiger partial charge is 0.396 e. The van der Waals surface area contributed by atoms with Crippen molar-refractivity contribution in [3.8, 4) is 0 Å². The molecule has 4 N–H and O–H groups in total. The molecule has 7 nitrogen and oxygen atoms in total. The highest BCUT2D eigenvalue weighted by atomic mass is 16.5. The number of ether oxygens (including phenoxy) is 2. The molecule has 1 aromatic rings. The van der Waals surface area contributed by atoms with Crippen LogP contribution in [0.2, 0.25) is 0 Å². The second-order valence-electron chi connectivity index (χ2n) is 4.04. The Balaban J connectivity index is 2.72. The molecule has 0 fully saturated rings. The first kappa shape index (κ1) is 15.6. The predicted molar refractivity (Wildman–Crippen MR) is 72.8 cm³/mol. The highest BCUT2D eigenvalue weighted by Gasteiger charge is 2.10. The van der Waals surface area contributed by atoms with Crippen molar-refractivity contribution < 1.29 is 14.6 Å². The molecule has 0 saturated carbocycles. The zero-order chi connectivity index (χ0) is 14.1. The average molecular weight is 270 g/mol. The lowest BCUT2D eigenvalue weighted by Crippen LogP contribution is -2.27. The zero-order valence-electron chi connectivity index (χ0n) is 11.4. The molecular formula is C12H22N4O3. The highest BCUT2D eigenvalue weighted by Crippen LogP contribution is 2.11. The third-order valence-electron chi connectivity index (χ3n) is 2.42. The summed E-state index contributed by atoms with van der Waals surface area (Å²) < 4.78 is 10.3. The second-order valence-corrected chi connectivity index (χ2v) is 4.04. The maximum Gasteiger partial charge on any atom is 0.158 e. The summed E-state index contributed by atoms with van der Waals surface area (Å²) in [5.41, 5.74) is 5.73. The van der Waals surface area contributed by atoms with E-state index in [4.69, 9.17) is 20.3 Å². The normalized spacial score (nSPS) is 12.4. The number of nitrogens with zero attached hydrogens (tertiary/aromatic N) is 2. The quantitative estimate of drug-likeness (QED) is 0.597. The van der Waals surface area contributed by atoms with E-state index in [1.165, 1.54) is 0 Å². The minimum Gasteiger partial charge on any atom is -0.396 e. The number of aromatic nitrogens is 2. The van der Waals surface area contributed by atoms with Gasteiger partial charge in [0, 0.05) is 26.4 Å². The molecule has 0 aromatic carbocycles. The summed E-state index contributed by atoms with van der Waals surface area (Å²) in [5, 5.41) is 12.2. The van der Waals surface area contributed by atoms with Crippen molar-refractivity contribution in [1.29, 1.82) is 0 Å². The fourth-order valence-corrected chi connectivity index (χ4v) is 1.61. The van der Waals surface area contributed by atoms with Crippen molar-refractivity contribution >= 4 is 11.6 Å². The van der Waals surface area contributed by atoms with E-state index in [1.54, 1.807) is 13.2 Å². The second kappa shape index (κ2) is 8.63. The van der Waals surface area contributed by atoms with Crippen LogP contribution in [0, 0.1) is 0 Å². The molecule has 7 heteroatoms. The number of nitrogen functional groups attached to an aromatic ring is 1. The van der Waals surface area contributed by atoms with Crippen LogP contribution < -0.4 is 11.1 Å². The van der Waals surface area contributed by atoms with Crippen LogP contribution in [0.4, 0.5) is 11.6 Å². The van der Waals surface area contributed by atoms with Gasteiger partial charge in [-0.1, -0.05) is 0 Å². The first-order valence-corrected chi connectivity index (χ1v) is 6.27. The molecule has 0 saturated heterocycles. The molecule has 0 amide bonds. The summed E-state index contributed by atoms with van der Waals surface area (Å²) in [6.45, 7) is 3.38. The van der Waals surface area contributed by atoms with Gasteiger partial charge < -0.3 is 25.6 Å². The summed E-state index contributed by atoms with van der Waals surface area (Å²) in [4.78, 5) is 8.40. The molecule has 0 aliphatic carbocycles. The number of methoxy groups -OCH3 is 1. The van der Waals surface area contributed by atoms with Gasteiger partial charge >= 0.3 is 0 Å². The van der Waals surface area contributed by atoms with Crippen molar-refractivity contribution in [3.05, 3.63) is 11.9 Å². The van der Waals surface area contributed by atoms with Gasteiger partial charge in [-0.2, -0.15) is 0 Å². The van der Waals surface area contributed by atoms with Gasteiger partial charge in [0.05, 0.1) is 12.6 Å². The number of hydrogen-bond acceptors (Lipinski definition) is 7. The van der Waals surface area contributed by atoms with E-state index in [1.807, 2.05) is 6.92 Å². The van der Waals surface area contributed by atoms with Crippen molar-refractivity contribution in [1.82, 2.24) is 9.97 Å². The van der Waals surface area contributed by atoms with Gasteiger partial charge in [-0.15, -0.1) is 0 Å². The summed E-state index contributed by atoms with van der Waals surface area (Å²) in [5.74, 6) is 1.52. The molecular weight excluding hydrogens is 248 g/mol. The maximum absolute atomic E-state index is 8.99. The Bertz CT molecular complexity index is 370. The van der Waals surface area contributed by atoms with Crippen LogP contribution in [0.1, 0.15) is 19.2 Å². The predicted octanol–water partition coefficient (Wildman–Crippen LogP) is 0.405. The van der Waals surface area contributed by atoms with Crippen LogP contribution >= 0.6 is 0 Å². The van der Waals surface area contributed by atoms with Crippen LogP contribution in [-0.2, 0) is 16.1 Å². The lowest BCUT2D eigenvalue weighted by molar-refractivity contribution is 0.128. The number of hydrogen-bond donors (Lipinski definition) is 3. The summed E-state index contributed by atoms with van der Waals surface area (Å²) >= 11 is 0. The first-order chi connectivity index (χ1) is 9.19. The lowest BCUT2D eigenvalue weighted by Gasteiger charge is -2.18. The Kier molecular flexibility index (Phi) is 7.09. The Morgan fingerprint density at radius 1 is 1.47 bits per heavy atom. The van der Waals surface area contributed by atoms with Crippen molar-refractivity contribution in [3.63, 3.8) is 0 Å². The summed E-state index contributed by atoms with van der Waals surface area (Å²) in [6, 6.07) is 1.62. The molecule has 0 aliphatic rings. The molecule has 1 rings (SSSR count). The number of aliphatic hydroxyl groups excluding tert-OH is 1. The highest BCUT2D eigenvalue weighted by molar-refractivity contribution is 5.45. The minimum atomic E-state index is -0.0238. The molecule has 108 valence electrons. The van der Waals surface area contributed by atoms with Crippen molar-refractivity contribution in [2.24, 2.45) is 0 Å². The summed E-state index contributed by atoms with van der Waals surface area (Å²) in [6.07, 6.45) is 0.568.